The number of carbonyl (C=O) groups is 1. The highest BCUT2D eigenvalue weighted by Gasteiger charge is 2.19. The summed E-state index contributed by atoms with van der Waals surface area (Å²) in [6, 6.07) is 16.3. The molecule has 2 aromatic carbocycles. The first-order valence-corrected chi connectivity index (χ1v) is 9.35. The van der Waals surface area contributed by atoms with Crippen molar-refractivity contribution in [3.05, 3.63) is 65.5 Å². The van der Waals surface area contributed by atoms with Crippen molar-refractivity contribution in [3.8, 4) is 6.07 Å². The van der Waals surface area contributed by atoms with E-state index in [0.717, 1.165) is 29.0 Å². The predicted molar refractivity (Wildman–Crippen MR) is 100 cm³/mol. The second kappa shape index (κ2) is 7.86. The maximum Gasteiger partial charge on any atom is 0.251 e. The zero-order valence-corrected chi connectivity index (χ0v) is 14.6. The molecule has 3 rings (SSSR count). The van der Waals surface area contributed by atoms with Gasteiger partial charge in [0, 0.05) is 5.56 Å². The molecule has 1 aromatic heterocycles. The second-order valence-corrected chi connectivity index (χ2v) is 6.62. The Hall–Kier alpha value is -2.78. The minimum atomic E-state index is -0.192. The summed E-state index contributed by atoms with van der Waals surface area (Å²) in [7, 11) is 0. The third-order valence-electron chi connectivity index (χ3n) is 3.93. The van der Waals surface area contributed by atoms with Crippen molar-refractivity contribution in [2.24, 2.45) is 0 Å². The Balaban J connectivity index is 1.82. The van der Waals surface area contributed by atoms with Crippen LogP contribution >= 0.6 is 11.8 Å². The third kappa shape index (κ3) is 4.01. The zero-order chi connectivity index (χ0) is 17.6. The summed E-state index contributed by atoms with van der Waals surface area (Å²) in [4.78, 5) is 20.5. The predicted octanol–water partition coefficient (Wildman–Crippen LogP) is 3.66. The molecule has 25 heavy (non-hydrogen) atoms. The SMILES string of the molecule is CSCC[C@@H](NC(=O)c1ccc(C#N)cc1)c1nc2ccccc2[nH]1. The van der Waals surface area contributed by atoms with E-state index in [9.17, 15) is 4.79 Å². The minimum absolute atomic E-state index is 0.170. The molecule has 0 saturated carbocycles. The van der Waals surface area contributed by atoms with Crippen LogP contribution in [0.15, 0.2) is 48.5 Å². The van der Waals surface area contributed by atoms with Crippen LogP contribution in [0.2, 0.25) is 0 Å². The van der Waals surface area contributed by atoms with Crippen molar-refractivity contribution < 1.29 is 4.79 Å². The van der Waals surface area contributed by atoms with Crippen LogP contribution < -0.4 is 5.32 Å². The number of para-hydroxylation sites is 2. The number of nitrogens with zero attached hydrogens (tertiary/aromatic N) is 2. The van der Waals surface area contributed by atoms with E-state index in [0.29, 0.717) is 11.1 Å². The summed E-state index contributed by atoms with van der Waals surface area (Å²) in [5.41, 5.74) is 2.91. The van der Waals surface area contributed by atoms with Gasteiger partial charge in [-0.15, -0.1) is 0 Å². The van der Waals surface area contributed by atoms with Crippen molar-refractivity contribution in [1.82, 2.24) is 15.3 Å². The lowest BCUT2D eigenvalue weighted by atomic mass is 10.1. The van der Waals surface area contributed by atoms with Crippen molar-refractivity contribution in [2.75, 3.05) is 12.0 Å². The van der Waals surface area contributed by atoms with Gasteiger partial charge in [0.15, 0.2) is 0 Å². The van der Waals surface area contributed by atoms with Gasteiger partial charge in [-0.2, -0.15) is 17.0 Å². The van der Waals surface area contributed by atoms with Crippen molar-refractivity contribution in [1.29, 1.82) is 5.26 Å². The van der Waals surface area contributed by atoms with E-state index in [4.69, 9.17) is 5.26 Å². The summed E-state index contributed by atoms with van der Waals surface area (Å²) >= 11 is 1.73. The van der Waals surface area contributed by atoms with Gasteiger partial charge in [-0.1, -0.05) is 12.1 Å². The number of fused-ring (bicyclic) bond motifs is 1. The van der Waals surface area contributed by atoms with Crippen molar-refractivity contribution in [2.45, 2.75) is 12.5 Å². The van der Waals surface area contributed by atoms with Crippen LogP contribution in [0.1, 0.15) is 34.2 Å². The fourth-order valence-corrected chi connectivity index (χ4v) is 3.06. The third-order valence-corrected chi connectivity index (χ3v) is 4.57. The van der Waals surface area contributed by atoms with Crippen molar-refractivity contribution in [3.63, 3.8) is 0 Å². The number of nitriles is 1. The van der Waals surface area contributed by atoms with Gasteiger partial charge in [-0.3, -0.25) is 4.79 Å². The summed E-state index contributed by atoms with van der Waals surface area (Å²) < 4.78 is 0. The molecular formula is C19H18N4OS. The molecule has 0 bridgehead atoms. The van der Waals surface area contributed by atoms with Gasteiger partial charge in [0.2, 0.25) is 0 Å². The van der Waals surface area contributed by atoms with Gasteiger partial charge in [-0.25, -0.2) is 4.98 Å². The van der Waals surface area contributed by atoms with Gasteiger partial charge in [0.25, 0.3) is 5.91 Å². The highest BCUT2D eigenvalue weighted by atomic mass is 32.2. The van der Waals surface area contributed by atoms with Gasteiger partial charge in [0.1, 0.15) is 5.82 Å². The lowest BCUT2D eigenvalue weighted by Crippen LogP contribution is -2.29. The molecule has 5 nitrogen and oxygen atoms in total. The molecule has 0 aliphatic carbocycles. The maximum atomic E-state index is 12.6. The Morgan fingerprint density at radius 1 is 1.28 bits per heavy atom. The van der Waals surface area contributed by atoms with Crippen LogP contribution in [-0.2, 0) is 0 Å². The number of amides is 1. The first kappa shape index (κ1) is 17.1. The van der Waals surface area contributed by atoms with E-state index < -0.39 is 0 Å². The molecule has 3 aromatic rings. The number of nitrogens with one attached hydrogen (secondary N) is 2. The molecule has 0 aliphatic rings. The molecule has 0 radical (unpaired) electrons. The number of imidazole rings is 1. The topological polar surface area (TPSA) is 81.6 Å². The highest BCUT2D eigenvalue weighted by Crippen LogP contribution is 2.20. The van der Waals surface area contributed by atoms with Gasteiger partial charge in [-0.05, 0) is 54.8 Å². The van der Waals surface area contributed by atoms with Crippen LogP contribution in [0.5, 0.6) is 0 Å². The van der Waals surface area contributed by atoms with E-state index in [2.05, 4.69) is 21.4 Å². The van der Waals surface area contributed by atoms with Gasteiger partial charge >= 0.3 is 0 Å². The Kier molecular flexibility index (Phi) is 5.36. The lowest BCUT2D eigenvalue weighted by Gasteiger charge is -2.16. The lowest BCUT2D eigenvalue weighted by molar-refractivity contribution is 0.0934. The number of H-pyrrole nitrogens is 1. The molecule has 0 aliphatic heterocycles. The van der Waals surface area contributed by atoms with Crippen LogP contribution in [0.3, 0.4) is 0 Å². The molecular weight excluding hydrogens is 332 g/mol. The molecule has 1 atom stereocenters. The minimum Gasteiger partial charge on any atom is -0.342 e. The fraction of sp³-hybridized carbons (Fsp3) is 0.211. The Bertz CT molecular complexity index is 878. The van der Waals surface area contributed by atoms with E-state index >= 15 is 0 Å². The largest absolute Gasteiger partial charge is 0.342 e. The number of benzene rings is 2. The summed E-state index contributed by atoms with van der Waals surface area (Å²) in [6.07, 6.45) is 2.82. The molecule has 6 heteroatoms. The number of aromatic nitrogens is 2. The highest BCUT2D eigenvalue weighted by molar-refractivity contribution is 7.98. The smallest absolute Gasteiger partial charge is 0.251 e. The molecule has 0 unspecified atom stereocenters. The quantitative estimate of drug-likeness (QED) is 0.711. The van der Waals surface area contributed by atoms with Gasteiger partial charge in [0.05, 0.1) is 28.7 Å². The van der Waals surface area contributed by atoms with Crippen LogP contribution in [0.4, 0.5) is 0 Å². The first-order valence-electron chi connectivity index (χ1n) is 7.96. The average Bonchev–Trinajstić information content (AvgIpc) is 3.09. The van der Waals surface area contributed by atoms with Crippen LogP contribution in [-0.4, -0.2) is 27.9 Å². The molecule has 126 valence electrons. The van der Waals surface area contributed by atoms with E-state index in [-0.39, 0.29) is 11.9 Å². The summed E-state index contributed by atoms with van der Waals surface area (Å²) in [6.45, 7) is 0. The summed E-state index contributed by atoms with van der Waals surface area (Å²) in [5, 5.41) is 11.9. The Morgan fingerprint density at radius 2 is 2.04 bits per heavy atom. The zero-order valence-electron chi connectivity index (χ0n) is 13.8. The molecule has 0 saturated heterocycles. The molecule has 2 N–H and O–H groups in total. The Labute approximate surface area is 150 Å². The second-order valence-electron chi connectivity index (χ2n) is 5.64. The molecule has 1 amide bonds. The van der Waals surface area contributed by atoms with E-state index in [1.54, 1.807) is 36.0 Å². The number of thioether (sulfide) groups is 1. The average molecular weight is 350 g/mol. The molecule has 0 fully saturated rings. The monoisotopic (exact) mass is 350 g/mol. The van der Waals surface area contributed by atoms with E-state index in [1.807, 2.05) is 30.5 Å². The molecule has 0 spiro atoms. The fourth-order valence-electron chi connectivity index (χ4n) is 2.59. The van der Waals surface area contributed by atoms with Gasteiger partial charge < -0.3 is 10.3 Å². The van der Waals surface area contributed by atoms with Crippen LogP contribution in [0.25, 0.3) is 11.0 Å². The number of carbonyl (C=O) groups excluding carboxylic acids is 1. The number of aromatic amines is 1. The summed E-state index contributed by atoms with van der Waals surface area (Å²) in [5.74, 6) is 1.50. The molecule has 1 heterocycles. The van der Waals surface area contributed by atoms with Crippen molar-refractivity contribution >= 4 is 28.7 Å². The number of hydrogen-bond donors (Lipinski definition) is 2. The standard InChI is InChI=1S/C19H18N4OS/c1-25-11-10-17(18-21-15-4-2-3-5-16(15)22-18)23-19(24)14-8-6-13(12-20)7-9-14/h2-9,17H,10-11H2,1H3,(H,21,22)(H,23,24)/t17-/m1/s1. The van der Waals surface area contributed by atoms with Crippen LogP contribution in [0, 0.1) is 11.3 Å². The Morgan fingerprint density at radius 3 is 2.72 bits per heavy atom. The maximum absolute atomic E-state index is 12.6. The van der Waals surface area contributed by atoms with E-state index in [1.165, 1.54) is 0 Å². The normalized spacial score (nSPS) is 11.8. The number of hydrogen-bond acceptors (Lipinski definition) is 4. The number of rotatable bonds is 6. The first-order chi connectivity index (χ1) is 12.2.